The third-order valence-corrected chi connectivity index (χ3v) is 2.95. The Balaban J connectivity index is 2.91. The van der Waals surface area contributed by atoms with Crippen molar-refractivity contribution in [2.24, 2.45) is 0 Å². The third kappa shape index (κ3) is 3.20. The van der Waals surface area contributed by atoms with E-state index in [4.69, 9.17) is 15.0 Å². The van der Waals surface area contributed by atoms with Crippen LogP contribution in [-0.2, 0) is 14.0 Å². The zero-order valence-electron chi connectivity index (χ0n) is 8.27. The maximum Gasteiger partial charge on any atom is 0.470 e. The highest BCUT2D eigenvalue weighted by Gasteiger charge is 2.52. The Morgan fingerprint density at radius 1 is 0.824 bits per heavy atom. The van der Waals surface area contributed by atoms with E-state index in [2.05, 4.69) is 9.41 Å². The molecular weight excluding hydrogens is 263 g/mol. The molecule has 0 unspecified atom stereocenters. The van der Waals surface area contributed by atoms with E-state index >= 15 is 0 Å². The fraction of sp³-hybridized carbons (Fsp3) is 1.00. The lowest BCUT2D eigenvalue weighted by molar-refractivity contribution is -0.346. The number of phosphoric ester groups is 1. The van der Waals surface area contributed by atoms with Crippen molar-refractivity contribution in [1.29, 1.82) is 0 Å². The fourth-order valence-corrected chi connectivity index (χ4v) is 2.16. The predicted octanol–water partition coefficient (Wildman–Crippen LogP) is -3.22. The average Bonchev–Trinajstić information content (AvgIpc) is 2.21. The quantitative estimate of drug-likeness (QED) is 0.157. The van der Waals surface area contributed by atoms with Gasteiger partial charge in [-0.25, -0.2) is 9.45 Å². The first-order chi connectivity index (χ1) is 7.69. The van der Waals surface area contributed by atoms with Crippen LogP contribution in [-0.4, -0.2) is 72.1 Å². The van der Waals surface area contributed by atoms with Crippen molar-refractivity contribution in [1.82, 2.24) is 0 Å². The molecule has 1 saturated carbocycles. The first-order valence-electron chi connectivity index (χ1n) is 4.45. The summed E-state index contributed by atoms with van der Waals surface area (Å²) in [7, 11) is -5.04. The highest BCUT2D eigenvalue weighted by atomic mass is 31.2. The minimum atomic E-state index is -5.04. The molecule has 7 N–H and O–H groups in total. The van der Waals surface area contributed by atoms with Crippen molar-refractivity contribution in [3.8, 4) is 0 Å². The van der Waals surface area contributed by atoms with Gasteiger partial charge in [0.1, 0.15) is 36.6 Å². The fourth-order valence-electron chi connectivity index (χ4n) is 1.59. The van der Waals surface area contributed by atoms with E-state index in [0.717, 1.165) is 0 Å². The summed E-state index contributed by atoms with van der Waals surface area (Å²) < 4.78 is 14.6. The van der Waals surface area contributed by atoms with Gasteiger partial charge in [0.05, 0.1) is 0 Å². The number of aliphatic hydroxyl groups is 4. The maximum atomic E-state index is 10.6. The van der Waals surface area contributed by atoms with Crippen LogP contribution >= 0.6 is 7.82 Å². The molecule has 17 heavy (non-hydrogen) atoms. The van der Waals surface area contributed by atoms with Crippen molar-refractivity contribution in [2.75, 3.05) is 0 Å². The molecule has 0 aromatic carbocycles. The molecule has 0 amide bonds. The normalized spacial score (nSPS) is 43.7. The van der Waals surface area contributed by atoms with Gasteiger partial charge < -0.3 is 30.2 Å². The third-order valence-electron chi connectivity index (χ3n) is 2.43. The van der Waals surface area contributed by atoms with Gasteiger partial charge in [-0.3, -0.25) is 9.78 Å². The van der Waals surface area contributed by atoms with Crippen LogP contribution < -0.4 is 0 Å². The van der Waals surface area contributed by atoms with Crippen molar-refractivity contribution < 1.29 is 49.4 Å². The second kappa shape index (κ2) is 5.24. The minimum absolute atomic E-state index is 1.77. The summed E-state index contributed by atoms with van der Waals surface area (Å²) in [5.41, 5.74) is 0. The van der Waals surface area contributed by atoms with Crippen molar-refractivity contribution in [2.45, 2.75) is 36.6 Å². The lowest BCUT2D eigenvalue weighted by Gasteiger charge is -2.41. The summed E-state index contributed by atoms with van der Waals surface area (Å²) in [6.07, 6.45) is -11.4. The van der Waals surface area contributed by atoms with Gasteiger partial charge in [-0.05, 0) is 0 Å². The molecule has 0 saturated heterocycles. The van der Waals surface area contributed by atoms with Crippen LogP contribution in [0.3, 0.4) is 0 Å². The first kappa shape index (κ1) is 14.9. The standard InChI is InChI=1S/C6H13O10P/c7-1-2(8)5(15-11)4(10)6(3(1)9)16-17(12,13)14/h1-11H,(H2,12,13,14)/t1-,2+,3-,4+,5-,6+/m1/s1. The molecule has 10 nitrogen and oxygen atoms in total. The van der Waals surface area contributed by atoms with Gasteiger partial charge in [-0.1, -0.05) is 0 Å². The van der Waals surface area contributed by atoms with Crippen LogP contribution in [0.4, 0.5) is 0 Å². The zero-order chi connectivity index (χ0) is 13.4. The Morgan fingerprint density at radius 3 is 1.71 bits per heavy atom. The molecule has 1 fully saturated rings. The second-order valence-corrected chi connectivity index (χ2v) is 4.78. The Labute approximate surface area is 94.8 Å². The molecule has 1 aliphatic rings. The van der Waals surface area contributed by atoms with Crippen LogP contribution in [0.25, 0.3) is 0 Å². The molecular formula is C6H13O10P. The van der Waals surface area contributed by atoms with Gasteiger partial charge in [0, 0.05) is 0 Å². The monoisotopic (exact) mass is 276 g/mol. The predicted molar refractivity (Wildman–Crippen MR) is 48.4 cm³/mol. The van der Waals surface area contributed by atoms with Crippen LogP contribution in [0, 0.1) is 0 Å². The first-order valence-corrected chi connectivity index (χ1v) is 5.98. The summed E-state index contributed by atoms with van der Waals surface area (Å²) >= 11 is 0. The molecule has 0 aromatic rings. The molecule has 0 bridgehead atoms. The van der Waals surface area contributed by atoms with E-state index < -0.39 is 44.4 Å². The largest absolute Gasteiger partial charge is 0.470 e. The van der Waals surface area contributed by atoms with Gasteiger partial charge in [-0.2, -0.15) is 0 Å². The number of phosphoric acid groups is 1. The lowest BCUT2D eigenvalue weighted by Crippen LogP contribution is -2.64. The summed E-state index contributed by atoms with van der Waals surface area (Å²) in [5, 5.41) is 45.8. The molecule has 0 aliphatic heterocycles. The van der Waals surface area contributed by atoms with Gasteiger partial charge in [0.15, 0.2) is 0 Å². The SMILES string of the molecule is O=P(O)(O)O[C@@H]1[C@@H](O)[C@H](OO)[C@@H](O)[C@@H](O)[C@H]1O. The van der Waals surface area contributed by atoms with Crippen LogP contribution in [0.15, 0.2) is 0 Å². The summed E-state index contributed by atoms with van der Waals surface area (Å²) in [6.45, 7) is 0. The van der Waals surface area contributed by atoms with Crippen LogP contribution in [0.5, 0.6) is 0 Å². The Kier molecular flexibility index (Phi) is 4.60. The molecule has 0 heterocycles. The highest BCUT2D eigenvalue weighted by molar-refractivity contribution is 7.46. The molecule has 6 atom stereocenters. The molecule has 0 radical (unpaired) electrons. The van der Waals surface area contributed by atoms with Gasteiger partial charge in [0.25, 0.3) is 0 Å². The molecule has 0 aromatic heterocycles. The number of rotatable bonds is 3. The molecule has 102 valence electrons. The van der Waals surface area contributed by atoms with Crippen molar-refractivity contribution >= 4 is 7.82 Å². The summed E-state index contributed by atoms with van der Waals surface area (Å²) in [6, 6.07) is 0. The Hall–Kier alpha value is -0.130. The summed E-state index contributed by atoms with van der Waals surface area (Å²) in [5.74, 6) is 0. The number of aliphatic hydroxyl groups excluding tert-OH is 4. The Bertz CT molecular complexity index is 303. The van der Waals surface area contributed by atoms with Gasteiger partial charge >= 0.3 is 7.82 Å². The van der Waals surface area contributed by atoms with E-state index in [0.29, 0.717) is 0 Å². The minimum Gasteiger partial charge on any atom is -0.387 e. The van der Waals surface area contributed by atoms with Gasteiger partial charge in [-0.15, -0.1) is 0 Å². The van der Waals surface area contributed by atoms with Crippen LogP contribution in [0.1, 0.15) is 0 Å². The molecule has 1 aliphatic carbocycles. The molecule has 11 heteroatoms. The molecule has 0 spiro atoms. The van der Waals surface area contributed by atoms with E-state index in [9.17, 15) is 25.0 Å². The van der Waals surface area contributed by atoms with E-state index in [1.54, 1.807) is 0 Å². The lowest BCUT2D eigenvalue weighted by atomic mass is 9.85. The van der Waals surface area contributed by atoms with Crippen molar-refractivity contribution in [3.63, 3.8) is 0 Å². The zero-order valence-corrected chi connectivity index (χ0v) is 9.16. The number of hydrogen-bond acceptors (Lipinski definition) is 8. The van der Waals surface area contributed by atoms with Crippen LogP contribution in [0.2, 0.25) is 0 Å². The Morgan fingerprint density at radius 2 is 1.29 bits per heavy atom. The maximum absolute atomic E-state index is 10.6. The highest BCUT2D eigenvalue weighted by Crippen LogP contribution is 2.41. The number of hydrogen-bond donors (Lipinski definition) is 7. The van der Waals surface area contributed by atoms with Crippen molar-refractivity contribution in [3.05, 3.63) is 0 Å². The average molecular weight is 276 g/mol. The topological polar surface area (TPSA) is 177 Å². The molecule has 1 rings (SSSR count). The summed E-state index contributed by atoms with van der Waals surface area (Å²) in [4.78, 5) is 20.7. The van der Waals surface area contributed by atoms with Gasteiger partial charge in [0.2, 0.25) is 0 Å². The van der Waals surface area contributed by atoms with E-state index in [-0.39, 0.29) is 0 Å². The van der Waals surface area contributed by atoms with E-state index in [1.807, 2.05) is 0 Å². The smallest absolute Gasteiger partial charge is 0.387 e. The second-order valence-electron chi connectivity index (χ2n) is 3.59. The van der Waals surface area contributed by atoms with E-state index in [1.165, 1.54) is 0 Å².